The Bertz CT molecular complexity index is 265. The molecule has 0 spiro atoms. The van der Waals surface area contributed by atoms with Crippen LogP contribution in [0.2, 0.25) is 0 Å². The summed E-state index contributed by atoms with van der Waals surface area (Å²) in [6, 6.07) is 2.33. The lowest BCUT2D eigenvalue weighted by Crippen LogP contribution is -2.49. The minimum absolute atomic E-state index is 0.734. The fourth-order valence-electron chi connectivity index (χ4n) is 4.33. The van der Waals surface area contributed by atoms with Crippen LogP contribution in [0.5, 0.6) is 0 Å². The van der Waals surface area contributed by atoms with Crippen LogP contribution >= 0.6 is 0 Å². The zero-order valence-electron chi connectivity index (χ0n) is 13.9. The maximum atomic E-state index is 3.77. The van der Waals surface area contributed by atoms with Crippen molar-refractivity contribution in [1.82, 2.24) is 15.1 Å². The molecule has 2 fully saturated rings. The molecule has 1 saturated heterocycles. The third-order valence-electron chi connectivity index (χ3n) is 5.44. The van der Waals surface area contributed by atoms with E-state index < -0.39 is 0 Å². The summed E-state index contributed by atoms with van der Waals surface area (Å²) in [4.78, 5) is 5.46. The van der Waals surface area contributed by atoms with E-state index in [4.69, 9.17) is 0 Å². The van der Waals surface area contributed by atoms with Crippen molar-refractivity contribution in [3.63, 3.8) is 0 Å². The van der Waals surface area contributed by atoms with E-state index in [2.05, 4.69) is 35.9 Å². The Balaban J connectivity index is 1.95. The summed E-state index contributed by atoms with van der Waals surface area (Å²) in [5, 5.41) is 3.77. The van der Waals surface area contributed by atoms with Crippen LogP contribution in [0.3, 0.4) is 0 Å². The molecule has 3 unspecified atom stereocenters. The first-order valence-electron chi connectivity index (χ1n) is 9.01. The van der Waals surface area contributed by atoms with Gasteiger partial charge in [-0.05, 0) is 38.9 Å². The summed E-state index contributed by atoms with van der Waals surface area (Å²) in [6.07, 6.45) is 8.44. The second-order valence-corrected chi connectivity index (χ2v) is 6.53. The molecule has 1 heterocycles. The number of nitrogens with zero attached hydrogens (tertiary/aromatic N) is 2. The van der Waals surface area contributed by atoms with Crippen molar-refractivity contribution in [2.45, 2.75) is 77.4 Å². The van der Waals surface area contributed by atoms with E-state index in [0.717, 1.165) is 24.7 Å². The molecule has 0 amide bonds. The SMILES string of the molecule is CCNC1CCCCCC1N1CCC(N(CC)CC)C1. The number of hydrogen-bond donors (Lipinski definition) is 1. The van der Waals surface area contributed by atoms with Gasteiger partial charge in [-0.1, -0.05) is 40.0 Å². The summed E-state index contributed by atoms with van der Waals surface area (Å²) in [5.74, 6) is 0. The maximum absolute atomic E-state index is 3.77. The van der Waals surface area contributed by atoms with Gasteiger partial charge in [0.15, 0.2) is 0 Å². The quantitative estimate of drug-likeness (QED) is 0.755. The van der Waals surface area contributed by atoms with Crippen LogP contribution in [0.4, 0.5) is 0 Å². The van der Waals surface area contributed by atoms with Crippen LogP contribution in [-0.4, -0.2) is 60.6 Å². The van der Waals surface area contributed by atoms with Crippen LogP contribution in [-0.2, 0) is 0 Å². The predicted molar refractivity (Wildman–Crippen MR) is 87.2 cm³/mol. The standard InChI is InChI=1S/C17H35N3/c1-4-18-16-10-8-7-9-11-17(16)20-13-12-15(14-20)19(5-2)6-3/h15-18H,4-14H2,1-3H3. The molecule has 1 aliphatic heterocycles. The Morgan fingerprint density at radius 2 is 1.75 bits per heavy atom. The number of nitrogens with one attached hydrogen (secondary N) is 1. The number of rotatable bonds is 6. The second-order valence-electron chi connectivity index (χ2n) is 6.53. The van der Waals surface area contributed by atoms with Gasteiger partial charge >= 0.3 is 0 Å². The molecule has 3 nitrogen and oxygen atoms in total. The Kier molecular flexibility index (Phi) is 6.79. The highest BCUT2D eigenvalue weighted by atomic mass is 15.3. The zero-order valence-corrected chi connectivity index (χ0v) is 13.9. The Morgan fingerprint density at radius 1 is 1.00 bits per heavy atom. The van der Waals surface area contributed by atoms with E-state index >= 15 is 0 Å². The molecule has 1 aliphatic carbocycles. The predicted octanol–water partition coefficient (Wildman–Crippen LogP) is 2.71. The molecule has 118 valence electrons. The van der Waals surface area contributed by atoms with Gasteiger partial charge < -0.3 is 5.32 Å². The fraction of sp³-hybridized carbons (Fsp3) is 1.00. The molecule has 0 bridgehead atoms. The van der Waals surface area contributed by atoms with Gasteiger partial charge in [-0.2, -0.15) is 0 Å². The first-order valence-corrected chi connectivity index (χ1v) is 9.01. The molecule has 0 aromatic heterocycles. The lowest BCUT2D eigenvalue weighted by molar-refractivity contribution is 0.156. The van der Waals surface area contributed by atoms with Crippen molar-refractivity contribution in [3.8, 4) is 0 Å². The van der Waals surface area contributed by atoms with Crippen LogP contribution < -0.4 is 5.32 Å². The first kappa shape index (κ1) is 16.3. The third kappa shape index (κ3) is 3.96. The van der Waals surface area contributed by atoms with Crippen LogP contribution in [0.15, 0.2) is 0 Å². The minimum Gasteiger partial charge on any atom is -0.313 e. The lowest BCUT2D eigenvalue weighted by Gasteiger charge is -2.35. The topological polar surface area (TPSA) is 18.5 Å². The monoisotopic (exact) mass is 281 g/mol. The molecular formula is C17H35N3. The molecule has 0 radical (unpaired) electrons. The van der Waals surface area contributed by atoms with E-state index in [1.165, 1.54) is 64.7 Å². The average molecular weight is 281 g/mol. The van der Waals surface area contributed by atoms with Crippen LogP contribution in [0, 0.1) is 0 Å². The Morgan fingerprint density at radius 3 is 2.45 bits per heavy atom. The molecule has 1 N–H and O–H groups in total. The number of likely N-dealkylation sites (tertiary alicyclic amines) is 1. The summed E-state index contributed by atoms with van der Waals surface area (Å²) < 4.78 is 0. The van der Waals surface area contributed by atoms with Crippen molar-refractivity contribution in [1.29, 1.82) is 0 Å². The molecule has 2 rings (SSSR count). The van der Waals surface area contributed by atoms with Gasteiger partial charge in [0.25, 0.3) is 0 Å². The molecule has 3 atom stereocenters. The summed E-state index contributed by atoms with van der Waals surface area (Å²) in [6.45, 7) is 13.0. The van der Waals surface area contributed by atoms with Crippen LogP contribution in [0.1, 0.15) is 59.3 Å². The van der Waals surface area contributed by atoms with Gasteiger partial charge in [-0.25, -0.2) is 0 Å². The largest absolute Gasteiger partial charge is 0.313 e. The maximum Gasteiger partial charge on any atom is 0.0250 e. The van der Waals surface area contributed by atoms with E-state index in [-0.39, 0.29) is 0 Å². The minimum atomic E-state index is 0.734. The normalized spacial score (nSPS) is 32.7. The highest BCUT2D eigenvalue weighted by Gasteiger charge is 2.34. The smallest absolute Gasteiger partial charge is 0.0250 e. The second kappa shape index (κ2) is 8.35. The van der Waals surface area contributed by atoms with E-state index in [0.29, 0.717) is 0 Å². The van der Waals surface area contributed by atoms with E-state index in [1.807, 2.05) is 0 Å². The summed E-state index contributed by atoms with van der Waals surface area (Å²) >= 11 is 0. The molecule has 0 aromatic rings. The fourth-order valence-corrected chi connectivity index (χ4v) is 4.33. The molecule has 3 heteroatoms. The van der Waals surface area contributed by atoms with Gasteiger partial charge in [-0.15, -0.1) is 0 Å². The Hall–Kier alpha value is -0.120. The van der Waals surface area contributed by atoms with Crippen molar-refractivity contribution in [2.24, 2.45) is 0 Å². The van der Waals surface area contributed by atoms with Crippen molar-refractivity contribution >= 4 is 0 Å². The lowest BCUT2D eigenvalue weighted by atomic mass is 10.0. The highest BCUT2D eigenvalue weighted by molar-refractivity contribution is 4.92. The van der Waals surface area contributed by atoms with Crippen molar-refractivity contribution < 1.29 is 0 Å². The van der Waals surface area contributed by atoms with E-state index in [1.54, 1.807) is 0 Å². The third-order valence-corrected chi connectivity index (χ3v) is 5.44. The summed E-state index contributed by atoms with van der Waals surface area (Å²) in [7, 11) is 0. The average Bonchev–Trinajstić information content (AvgIpc) is 2.81. The van der Waals surface area contributed by atoms with Gasteiger partial charge in [0.2, 0.25) is 0 Å². The van der Waals surface area contributed by atoms with Gasteiger partial charge in [-0.3, -0.25) is 9.80 Å². The first-order chi connectivity index (χ1) is 9.80. The van der Waals surface area contributed by atoms with Gasteiger partial charge in [0.05, 0.1) is 0 Å². The van der Waals surface area contributed by atoms with Gasteiger partial charge in [0.1, 0.15) is 0 Å². The Labute approximate surface area is 126 Å². The van der Waals surface area contributed by atoms with Crippen molar-refractivity contribution in [2.75, 3.05) is 32.7 Å². The zero-order chi connectivity index (χ0) is 14.4. The van der Waals surface area contributed by atoms with E-state index in [9.17, 15) is 0 Å². The molecular weight excluding hydrogens is 246 g/mol. The highest BCUT2D eigenvalue weighted by Crippen LogP contribution is 2.27. The molecule has 20 heavy (non-hydrogen) atoms. The molecule has 0 aromatic carbocycles. The van der Waals surface area contributed by atoms with Gasteiger partial charge in [0, 0.05) is 31.2 Å². The van der Waals surface area contributed by atoms with Crippen LogP contribution in [0.25, 0.3) is 0 Å². The number of likely N-dealkylation sites (N-methyl/N-ethyl adjacent to an activating group) is 2. The molecule has 1 saturated carbocycles. The summed E-state index contributed by atoms with van der Waals surface area (Å²) in [5.41, 5.74) is 0. The molecule has 2 aliphatic rings. The van der Waals surface area contributed by atoms with Crippen molar-refractivity contribution in [3.05, 3.63) is 0 Å². The number of hydrogen-bond acceptors (Lipinski definition) is 3.